The lowest BCUT2D eigenvalue weighted by Gasteiger charge is -2.04. The van der Waals surface area contributed by atoms with Crippen LogP contribution in [0.3, 0.4) is 0 Å². The number of hydrogen-bond donors (Lipinski definition) is 3. The third-order valence-electron chi connectivity index (χ3n) is 3.40. The molecule has 0 aliphatic carbocycles. The van der Waals surface area contributed by atoms with E-state index in [0.717, 1.165) is 4.68 Å². The summed E-state index contributed by atoms with van der Waals surface area (Å²) >= 11 is 0. The number of nitrogens with one attached hydrogen (secondary N) is 2. The van der Waals surface area contributed by atoms with E-state index < -0.39 is 17.6 Å². The molecule has 126 valence electrons. The number of nitrogens with zero attached hydrogens (tertiary/aromatic N) is 2. The number of amides is 1. The Morgan fingerprint density at radius 2 is 1.76 bits per heavy atom. The number of carboxylic acid groups (broad SMARTS) is 1. The molecule has 3 aromatic rings. The molecule has 0 radical (unpaired) electrons. The van der Waals surface area contributed by atoms with Crippen LogP contribution in [0.1, 0.15) is 16.2 Å². The third-order valence-corrected chi connectivity index (χ3v) is 3.40. The molecule has 3 rings (SSSR count). The van der Waals surface area contributed by atoms with Crippen molar-refractivity contribution in [2.45, 2.75) is 6.42 Å². The highest BCUT2D eigenvalue weighted by Gasteiger charge is 2.14. The first-order valence-electron chi connectivity index (χ1n) is 7.40. The molecule has 0 aliphatic rings. The van der Waals surface area contributed by atoms with Gasteiger partial charge in [-0.25, -0.2) is 4.79 Å². The van der Waals surface area contributed by atoms with Gasteiger partial charge in [-0.1, -0.05) is 30.3 Å². The molecule has 0 aliphatic heterocycles. The molecule has 1 aromatic heterocycles. The summed E-state index contributed by atoms with van der Waals surface area (Å²) in [5.41, 5.74) is 1.11. The van der Waals surface area contributed by atoms with Crippen LogP contribution < -0.4 is 11.0 Å². The average Bonchev–Trinajstić information content (AvgIpc) is 2.99. The first-order chi connectivity index (χ1) is 12.0. The molecule has 8 nitrogen and oxygen atoms in total. The molecule has 0 unspecified atom stereocenters. The van der Waals surface area contributed by atoms with Crippen LogP contribution >= 0.6 is 0 Å². The number of aromatic amines is 1. The van der Waals surface area contributed by atoms with Gasteiger partial charge >= 0.3 is 11.7 Å². The molecular weight excluding hydrogens is 324 g/mol. The van der Waals surface area contributed by atoms with Gasteiger partial charge in [0.25, 0.3) is 5.91 Å². The Bertz CT molecular complexity index is 958. The number of para-hydroxylation sites is 1. The number of hydrogen-bond acceptors (Lipinski definition) is 4. The summed E-state index contributed by atoms with van der Waals surface area (Å²) in [7, 11) is 0. The fourth-order valence-electron chi connectivity index (χ4n) is 2.24. The van der Waals surface area contributed by atoms with Gasteiger partial charge in [-0.05, 0) is 29.8 Å². The molecule has 0 saturated carbocycles. The van der Waals surface area contributed by atoms with E-state index in [-0.39, 0.29) is 12.2 Å². The Labute approximate surface area is 141 Å². The summed E-state index contributed by atoms with van der Waals surface area (Å²) in [5, 5.41) is 15.3. The first kappa shape index (κ1) is 16.2. The van der Waals surface area contributed by atoms with Crippen molar-refractivity contribution in [1.82, 2.24) is 14.8 Å². The highest BCUT2D eigenvalue weighted by Crippen LogP contribution is 2.11. The molecular formula is C17H14N4O4. The molecule has 8 heteroatoms. The van der Waals surface area contributed by atoms with Crippen LogP contribution in [0.15, 0.2) is 59.4 Å². The van der Waals surface area contributed by atoms with E-state index in [1.807, 2.05) is 6.07 Å². The SMILES string of the molecule is O=C(O)Cc1ccc(NC(=O)c2nn(-c3ccccc3)c(=O)[nH]2)cc1. The monoisotopic (exact) mass is 338 g/mol. The Morgan fingerprint density at radius 1 is 1.08 bits per heavy atom. The molecule has 3 N–H and O–H groups in total. The molecule has 0 spiro atoms. The Balaban J connectivity index is 1.76. The fourth-order valence-corrected chi connectivity index (χ4v) is 2.24. The number of aromatic nitrogens is 3. The summed E-state index contributed by atoms with van der Waals surface area (Å²) in [6.45, 7) is 0. The summed E-state index contributed by atoms with van der Waals surface area (Å²) in [6.07, 6.45) is -0.0942. The standard InChI is InChI=1S/C17H14N4O4/c22-14(23)10-11-6-8-12(9-7-11)18-16(24)15-19-17(25)21(20-15)13-4-2-1-3-5-13/h1-9H,10H2,(H,18,24)(H,22,23)(H,19,20,25). The van der Waals surface area contributed by atoms with Gasteiger partial charge in [0.05, 0.1) is 12.1 Å². The van der Waals surface area contributed by atoms with Crippen LogP contribution in [-0.2, 0) is 11.2 Å². The van der Waals surface area contributed by atoms with Crippen molar-refractivity contribution < 1.29 is 14.7 Å². The third kappa shape index (κ3) is 3.81. The van der Waals surface area contributed by atoms with Gasteiger partial charge in [0, 0.05) is 5.69 Å². The minimum absolute atomic E-state index is 0.0942. The zero-order chi connectivity index (χ0) is 17.8. The van der Waals surface area contributed by atoms with E-state index >= 15 is 0 Å². The molecule has 0 atom stereocenters. The number of carbonyl (C=O) groups excluding carboxylic acids is 1. The first-order valence-corrected chi connectivity index (χ1v) is 7.40. The minimum Gasteiger partial charge on any atom is -0.481 e. The predicted octanol–water partition coefficient (Wildman–Crippen LogP) is 1.44. The van der Waals surface area contributed by atoms with E-state index in [0.29, 0.717) is 16.9 Å². The van der Waals surface area contributed by atoms with Gasteiger partial charge in [0.15, 0.2) is 0 Å². The summed E-state index contributed by atoms with van der Waals surface area (Å²) in [5.74, 6) is -1.62. The maximum atomic E-state index is 12.2. The van der Waals surface area contributed by atoms with Crippen molar-refractivity contribution >= 4 is 17.6 Å². The number of H-pyrrole nitrogens is 1. The Hall–Kier alpha value is -3.68. The topological polar surface area (TPSA) is 117 Å². The van der Waals surface area contributed by atoms with Crippen molar-refractivity contribution in [1.29, 1.82) is 0 Å². The van der Waals surface area contributed by atoms with Crippen LogP contribution in [0, 0.1) is 0 Å². The largest absolute Gasteiger partial charge is 0.481 e. The van der Waals surface area contributed by atoms with E-state index in [9.17, 15) is 14.4 Å². The molecule has 25 heavy (non-hydrogen) atoms. The molecule has 0 saturated heterocycles. The maximum Gasteiger partial charge on any atom is 0.348 e. The van der Waals surface area contributed by atoms with Gasteiger partial charge in [-0.2, -0.15) is 4.68 Å². The van der Waals surface area contributed by atoms with Crippen LogP contribution in [-0.4, -0.2) is 31.7 Å². The normalized spacial score (nSPS) is 10.4. The Morgan fingerprint density at radius 3 is 2.40 bits per heavy atom. The second kappa shape index (κ2) is 6.83. The van der Waals surface area contributed by atoms with Crippen LogP contribution in [0.5, 0.6) is 0 Å². The minimum atomic E-state index is -0.930. The molecule has 1 heterocycles. The number of aliphatic carboxylic acids is 1. The maximum absolute atomic E-state index is 12.2. The predicted molar refractivity (Wildman–Crippen MR) is 89.9 cm³/mol. The van der Waals surface area contributed by atoms with Gasteiger partial charge in [-0.15, -0.1) is 5.10 Å². The second-order valence-electron chi connectivity index (χ2n) is 5.25. The number of carboxylic acids is 1. The van der Waals surface area contributed by atoms with E-state index in [1.54, 1.807) is 48.5 Å². The van der Waals surface area contributed by atoms with Crippen LogP contribution in [0.25, 0.3) is 5.69 Å². The van der Waals surface area contributed by atoms with Gasteiger partial charge < -0.3 is 10.4 Å². The zero-order valence-corrected chi connectivity index (χ0v) is 13.0. The highest BCUT2D eigenvalue weighted by atomic mass is 16.4. The summed E-state index contributed by atoms with van der Waals surface area (Å²) in [4.78, 5) is 37.2. The van der Waals surface area contributed by atoms with Crippen molar-refractivity contribution in [3.63, 3.8) is 0 Å². The van der Waals surface area contributed by atoms with Crippen molar-refractivity contribution in [2.24, 2.45) is 0 Å². The fraction of sp³-hybridized carbons (Fsp3) is 0.0588. The molecule has 0 bridgehead atoms. The number of anilines is 1. The lowest BCUT2D eigenvalue weighted by molar-refractivity contribution is -0.136. The van der Waals surface area contributed by atoms with E-state index in [1.165, 1.54) is 0 Å². The van der Waals surface area contributed by atoms with Gasteiger partial charge in [0.2, 0.25) is 5.82 Å². The number of carbonyl (C=O) groups is 2. The lowest BCUT2D eigenvalue weighted by atomic mass is 10.1. The zero-order valence-electron chi connectivity index (χ0n) is 13.0. The lowest BCUT2D eigenvalue weighted by Crippen LogP contribution is -2.15. The quantitative estimate of drug-likeness (QED) is 0.651. The molecule has 0 fully saturated rings. The van der Waals surface area contributed by atoms with Gasteiger partial charge in [0.1, 0.15) is 0 Å². The smallest absolute Gasteiger partial charge is 0.348 e. The summed E-state index contributed by atoms with van der Waals surface area (Å²) in [6, 6.07) is 15.1. The molecule has 1 amide bonds. The van der Waals surface area contributed by atoms with E-state index in [2.05, 4.69) is 15.4 Å². The second-order valence-corrected chi connectivity index (χ2v) is 5.25. The van der Waals surface area contributed by atoms with Crippen molar-refractivity contribution in [3.8, 4) is 5.69 Å². The number of rotatable bonds is 5. The highest BCUT2D eigenvalue weighted by molar-refractivity contribution is 6.01. The number of benzene rings is 2. The Kier molecular flexibility index (Phi) is 4.42. The van der Waals surface area contributed by atoms with Crippen molar-refractivity contribution in [3.05, 3.63) is 76.5 Å². The van der Waals surface area contributed by atoms with Crippen LogP contribution in [0.4, 0.5) is 5.69 Å². The van der Waals surface area contributed by atoms with E-state index in [4.69, 9.17) is 5.11 Å². The summed E-state index contributed by atoms with van der Waals surface area (Å²) < 4.78 is 1.10. The van der Waals surface area contributed by atoms with Crippen molar-refractivity contribution in [2.75, 3.05) is 5.32 Å². The van der Waals surface area contributed by atoms with Crippen LogP contribution in [0.2, 0.25) is 0 Å². The van der Waals surface area contributed by atoms with Gasteiger partial charge in [-0.3, -0.25) is 14.6 Å². The molecule has 2 aromatic carbocycles. The average molecular weight is 338 g/mol.